The minimum Gasteiger partial charge on any atom is -0.317 e. The summed E-state index contributed by atoms with van der Waals surface area (Å²) in [6.45, 7) is 19.7. The second kappa shape index (κ2) is 11.5. The molecule has 0 bridgehead atoms. The van der Waals surface area contributed by atoms with Gasteiger partial charge in [0.25, 0.3) is 0 Å². The summed E-state index contributed by atoms with van der Waals surface area (Å²) in [6, 6.07) is 0. The van der Waals surface area contributed by atoms with Gasteiger partial charge in [0, 0.05) is 36.8 Å². The van der Waals surface area contributed by atoms with Crippen LogP contribution in [-0.2, 0) is 21.7 Å². The first kappa shape index (κ1) is 29.0. The van der Waals surface area contributed by atoms with E-state index in [9.17, 15) is 0 Å². The van der Waals surface area contributed by atoms with E-state index in [2.05, 4.69) is 73.0 Å². The fraction of sp³-hybridized carbons (Fsp3) is 0.733. The van der Waals surface area contributed by atoms with E-state index in [4.69, 9.17) is 0 Å². The van der Waals surface area contributed by atoms with Gasteiger partial charge in [0.1, 0.15) is 0 Å². The van der Waals surface area contributed by atoms with Crippen LogP contribution < -0.4 is 5.32 Å². The summed E-state index contributed by atoms with van der Waals surface area (Å²) in [6.07, 6.45) is 3.52. The van der Waals surface area contributed by atoms with Gasteiger partial charge in [-0.25, -0.2) is 11.6 Å². The Labute approximate surface area is 156 Å². The third-order valence-electron chi connectivity index (χ3n) is 2.94. The maximum Gasteiger partial charge on any atom is 0.0213 e. The SMILES string of the molecule is CC1=[C-]C(C)(NC(C)(C)C)C(C)=C1C.C[SiH]C.Cl.Cl.[Ti]. The van der Waals surface area contributed by atoms with Crippen molar-refractivity contribution in [2.24, 2.45) is 0 Å². The van der Waals surface area contributed by atoms with E-state index in [0.29, 0.717) is 0 Å². The molecule has 0 heterocycles. The van der Waals surface area contributed by atoms with Crippen molar-refractivity contribution in [1.82, 2.24) is 5.32 Å². The summed E-state index contributed by atoms with van der Waals surface area (Å²) in [5.74, 6) is 0. The first-order valence-corrected chi connectivity index (χ1v) is 8.71. The van der Waals surface area contributed by atoms with Gasteiger partial charge < -0.3 is 5.32 Å². The smallest absolute Gasteiger partial charge is 0.0213 e. The summed E-state index contributed by atoms with van der Waals surface area (Å²) < 4.78 is 0. The van der Waals surface area contributed by atoms with Crippen LogP contribution in [0.2, 0.25) is 13.1 Å². The maximum atomic E-state index is 3.62. The molecule has 0 aromatic carbocycles. The van der Waals surface area contributed by atoms with E-state index in [1.165, 1.54) is 16.7 Å². The summed E-state index contributed by atoms with van der Waals surface area (Å²) in [7, 11) is 0.750. The van der Waals surface area contributed by atoms with E-state index in [0.717, 1.165) is 9.52 Å². The number of hydrogen-bond acceptors (Lipinski definition) is 1. The van der Waals surface area contributed by atoms with Crippen molar-refractivity contribution in [3.8, 4) is 0 Å². The van der Waals surface area contributed by atoms with Gasteiger partial charge in [-0.05, 0) is 26.3 Å². The molecule has 20 heavy (non-hydrogen) atoms. The molecule has 1 rings (SSSR count). The Kier molecular flexibility index (Phi) is 16.7. The fourth-order valence-electron chi connectivity index (χ4n) is 2.09. The van der Waals surface area contributed by atoms with E-state index < -0.39 is 0 Å². The molecule has 1 atom stereocenters. The minimum absolute atomic E-state index is 0. The second-order valence-corrected chi connectivity index (χ2v) is 7.23. The number of nitrogens with one attached hydrogen (secondary N) is 1. The van der Waals surface area contributed by atoms with E-state index in [1.807, 2.05) is 0 Å². The van der Waals surface area contributed by atoms with Crippen LogP contribution in [0.5, 0.6) is 0 Å². The van der Waals surface area contributed by atoms with Crippen molar-refractivity contribution in [2.45, 2.75) is 72.6 Å². The number of rotatable bonds is 1. The molecule has 1 unspecified atom stereocenters. The van der Waals surface area contributed by atoms with Crippen LogP contribution in [0.1, 0.15) is 48.5 Å². The third-order valence-corrected chi connectivity index (χ3v) is 2.94. The average molecular weight is 372 g/mol. The molecule has 1 nitrogen and oxygen atoms in total. The Balaban J connectivity index is -0.000000196. The number of hydrogen-bond donors (Lipinski definition) is 1. The zero-order chi connectivity index (χ0) is 13.9. The first-order valence-electron chi connectivity index (χ1n) is 6.40. The molecule has 1 aliphatic rings. The molecule has 0 aliphatic heterocycles. The maximum absolute atomic E-state index is 3.62. The topological polar surface area (TPSA) is 12.0 Å². The summed E-state index contributed by atoms with van der Waals surface area (Å²) in [5, 5.41) is 3.62. The van der Waals surface area contributed by atoms with Crippen LogP contribution in [0.4, 0.5) is 0 Å². The van der Waals surface area contributed by atoms with Crippen molar-refractivity contribution in [3.05, 3.63) is 22.8 Å². The summed E-state index contributed by atoms with van der Waals surface area (Å²) in [5.41, 5.74) is 4.09. The Hall–Kier alpha value is 0.951. The zero-order valence-corrected chi connectivity index (χ0v) is 18.7. The molecule has 0 aromatic rings. The predicted octanol–water partition coefficient (Wildman–Crippen LogP) is 4.59. The molecule has 0 saturated carbocycles. The first-order chi connectivity index (χ1) is 7.57. The molecule has 1 radical (unpaired) electrons. The molecule has 1 N–H and O–H groups in total. The van der Waals surface area contributed by atoms with E-state index >= 15 is 0 Å². The molecule has 0 amide bonds. The van der Waals surface area contributed by atoms with Gasteiger partial charge >= 0.3 is 0 Å². The van der Waals surface area contributed by atoms with Gasteiger partial charge in [-0.3, -0.25) is 0 Å². The van der Waals surface area contributed by atoms with Gasteiger partial charge in [0.05, 0.1) is 0 Å². The van der Waals surface area contributed by atoms with Gasteiger partial charge in [0.2, 0.25) is 0 Å². The molecule has 5 heteroatoms. The van der Waals surface area contributed by atoms with E-state index in [-0.39, 0.29) is 57.6 Å². The van der Waals surface area contributed by atoms with Crippen molar-refractivity contribution in [3.63, 3.8) is 0 Å². The van der Waals surface area contributed by atoms with Crippen molar-refractivity contribution < 1.29 is 21.7 Å². The van der Waals surface area contributed by atoms with Crippen LogP contribution in [0.3, 0.4) is 0 Å². The monoisotopic (exact) mass is 371 g/mol. The molecule has 1 aliphatic carbocycles. The zero-order valence-electron chi connectivity index (χ0n) is 14.4. The molecule has 0 fully saturated rings. The Morgan fingerprint density at radius 1 is 1.05 bits per heavy atom. The van der Waals surface area contributed by atoms with Crippen LogP contribution in [-0.4, -0.2) is 20.6 Å². The average Bonchev–Trinajstić information content (AvgIpc) is 2.28. The standard InChI is InChI=1S/C13H22N.C2H7Si.2ClH.Ti/c1-9-8-13(7,11(3)10(9)2)14-12(4,5)6;1-3-2;;;/h14H,1-7H3;3H,1-2H3;2*1H;/q-1;;;;. The van der Waals surface area contributed by atoms with Gasteiger partial charge in [-0.2, -0.15) is 5.57 Å². The quantitative estimate of drug-likeness (QED) is 0.524. The molecular formula is C15H31Cl2NSiTi-. The Bertz CT molecular complexity index is 335. The number of halogens is 2. The van der Waals surface area contributed by atoms with Gasteiger partial charge in [-0.15, -0.1) is 37.3 Å². The minimum atomic E-state index is -0.0770. The van der Waals surface area contributed by atoms with Gasteiger partial charge in [0.15, 0.2) is 0 Å². The molecule has 0 aromatic heterocycles. The summed E-state index contributed by atoms with van der Waals surface area (Å²) in [4.78, 5) is 0. The van der Waals surface area contributed by atoms with E-state index in [1.54, 1.807) is 0 Å². The number of allylic oxidation sites excluding steroid dienone is 2. The normalized spacial score (nSPS) is 20.8. The summed E-state index contributed by atoms with van der Waals surface area (Å²) >= 11 is 0. The van der Waals surface area contributed by atoms with Crippen LogP contribution in [0.25, 0.3) is 0 Å². The van der Waals surface area contributed by atoms with Gasteiger partial charge in [-0.1, -0.05) is 33.9 Å². The van der Waals surface area contributed by atoms with Crippen LogP contribution in [0, 0.1) is 6.08 Å². The Morgan fingerprint density at radius 2 is 1.40 bits per heavy atom. The van der Waals surface area contributed by atoms with Crippen LogP contribution >= 0.6 is 24.8 Å². The van der Waals surface area contributed by atoms with Crippen molar-refractivity contribution in [1.29, 1.82) is 0 Å². The molecular weight excluding hydrogens is 341 g/mol. The third kappa shape index (κ3) is 9.07. The molecule has 119 valence electrons. The fourth-order valence-corrected chi connectivity index (χ4v) is 2.09. The van der Waals surface area contributed by atoms with Crippen LogP contribution in [0.15, 0.2) is 16.7 Å². The predicted molar refractivity (Wildman–Crippen MR) is 95.5 cm³/mol. The largest absolute Gasteiger partial charge is 0.317 e. The van der Waals surface area contributed by atoms with Crippen molar-refractivity contribution >= 4 is 34.3 Å². The molecule has 0 saturated heterocycles. The molecule has 0 spiro atoms. The second-order valence-electron chi connectivity index (χ2n) is 6.08. The Morgan fingerprint density at radius 3 is 1.60 bits per heavy atom. The van der Waals surface area contributed by atoms with Crippen molar-refractivity contribution in [2.75, 3.05) is 0 Å².